The molecule has 5 heteroatoms. The Kier molecular flexibility index (Phi) is 4.63. The zero-order valence-electron chi connectivity index (χ0n) is 10.4. The molecule has 2 rings (SSSR count). The Labute approximate surface area is 115 Å². The standard InChI is InChI=1S/C14H14FNO2S/c1-10(13-3-2-8-18-13)16-14(17)9-19-12-6-4-11(15)5-7-12/h2-8,10H,9H2,1H3,(H,16,17). The maximum atomic E-state index is 12.7. The van der Waals surface area contributed by atoms with Crippen molar-refractivity contribution in [2.75, 3.05) is 5.75 Å². The quantitative estimate of drug-likeness (QED) is 0.853. The summed E-state index contributed by atoms with van der Waals surface area (Å²) in [6, 6.07) is 9.52. The van der Waals surface area contributed by atoms with E-state index in [9.17, 15) is 9.18 Å². The van der Waals surface area contributed by atoms with Crippen LogP contribution in [0.15, 0.2) is 52.0 Å². The molecular weight excluding hydrogens is 265 g/mol. The van der Waals surface area contributed by atoms with Gasteiger partial charge in [-0.05, 0) is 43.3 Å². The van der Waals surface area contributed by atoms with E-state index in [0.717, 1.165) is 10.7 Å². The maximum absolute atomic E-state index is 12.7. The summed E-state index contributed by atoms with van der Waals surface area (Å²) >= 11 is 1.37. The van der Waals surface area contributed by atoms with Crippen molar-refractivity contribution in [2.45, 2.75) is 17.9 Å². The van der Waals surface area contributed by atoms with Gasteiger partial charge in [-0.3, -0.25) is 4.79 Å². The highest BCUT2D eigenvalue weighted by molar-refractivity contribution is 8.00. The molecule has 1 N–H and O–H groups in total. The number of furan rings is 1. The summed E-state index contributed by atoms with van der Waals surface area (Å²) in [4.78, 5) is 12.6. The minimum Gasteiger partial charge on any atom is -0.467 e. The van der Waals surface area contributed by atoms with Crippen LogP contribution < -0.4 is 5.32 Å². The van der Waals surface area contributed by atoms with Gasteiger partial charge in [-0.15, -0.1) is 11.8 Å². The summed E-state index contributed by atoms with van der Waals surface area (Å²) in [5.74, 6) is 0.648. The first kappa shape index (κ1) is 13.7. The van der Waals surface area contributed by atoms with Crippen molar-refractivity contribution < 1.29 is 13.6 Å². The Balaban J connectivity index is 1.80. The lowest BCUT2D eigenvalue weighted by molar-refractivity contribution is -0.119. The van der Waals surface area contributed by atoms with Crippen LogP contribution >= 0.6 is 11.8 Å². The van der Waals surface area contributed by atoms with Crippen molar-refractivity contribution in [3.05, 3.63) is 54.2 Å². The van der Waals surface area contributed by atoms with Crippen LogP contribution in [0.1, 0.15) is 18.7 Å². The van der Waals surface area contributed by atoms with Crippen LogP contribution in [0.3, 0.4) is 0 Å². The van der Waals surface area contributed by atoms with Crippen LogP contribution in [-0.4, -0.2) is 11.7 Å². The number of nitrogens with one attached hydrogen (secondary N) is 1. The van der Waals surface area contributed by atoms with Gasteiger partial charge in [0.2, 0.25) is 5.91 Å². The number of carbonyl (C=O) groups is 1. The highest BCUT2D eigenvalue weighted by Gasteiger charge is 2.11. The number of hydrogen-bond acceptors (Lipinski definition) is 3. The van der Waals surface area contributed by atoms with E-state index in [1.165, 1.54) is 23.9 Å². The highest BCUT2D eigenvalue weighted by atomic mass is 32.2. The number of thioether (sulfide) groups is 1. The summed E-state index contributed by atoms with van der Waals surface area (Å²) in [7, 11) is 0. The molecule has 19 heavy (non-hydrogen) atoms. The lowest BCUT2D eigenvalue weighted by atomic mass is 10.2. The summed E-state index contributed by atoms with van der Waals surface area (Å²) < 4.78 is 17.9. The Morgan fingerprint density at radius 3 is 2.74 bits per heavy atom. The topological polar surface area (TPSA) is 42.2 Å². The summed E-state index contributed by atoms with van der Waals surface area (Å²) in [6.45, 7) is 1.86. The van der Waals surface area contributed by atoms with E-state index in [1.807, 2.05) is 13.0 Å². The monoisotopic (exact) mass is 279 g/mol. The average molecular weight is 279 g/mol. The summed E-state index contributed by atoms with van der Waals surface area (Å²) in [5.41, 5.74) is 0. The van der Waals surface area contributed by atoms with Crippen molar-refractivity contribution in [1.29, 1.82) is 0 Å². The first-order chi connectivity index (χ1) is 9.15. The normalized spacial score (nSPS) is 12.1. The minimum atomic E-state index is -0.278. The molecule has 0 aliphatic heterocycles. The molecule has 1 heterocycles. The van der Waals surface area contributed by atoms with Crippen LogP contribution in [0.2, 0.25) is 0 Å². The van der Waals surface area contributed by atoms with Gasteiger partial charge in [0.05, 0.1) is 18.1 Å². The molecule has 0 fully saturated rings. The molecule has 0 radical (unpaired) electrons. The molecule has 0 aliphatic carbocycles. The number of hydrogen-bond donors (Lipinski definition) is 1. The van der Waals surface area contributed by atoms with Gasteiger partial charge in [0.1, 0.15) is 11.6 Å². The van der Waals surface area contributed by atoms with Crippen molar-refractivity contribution in [3.63, 3.8) is 0 Å². The van der Waals surface area contributed by atoms with Crippen molar-refractivity contribution in [1.82, 2.24) is 5.32 Å². The van der Waals surface area contributed by atoms with E-state index in [2.05, 4.69) is 5.32 Å². The predicted octanol–water partition coefficient (Wildman–Crippen LogP) is 3.39. The molecule has 1 amide bonds. The Morgan fingerprint density at radius 1 is 1.37 bits per heavy atom. The largest absolute Gasteiger partial charge is 0.467 e. The molecule has 0 saturated carbocycles. The molecule has 1 atom stereocenters. The second-order valence-electron chi connectivity index (χ2n) is 4.05. The first-order valence-corrected chi connectivity index (χ1v) is 6.85. The van der Waals surface area contributed by atoms with Gasteiger partial charge in [0.15, 0.2) is 0 Å². The molecule has 0 saturated heterocycles. The maximum Gasteiger partial charge on any atom is 0.230 e. The van der Waals surface area contributed by atoms with Gasteiger partial charge < -0.3 is 9.73 Å². The fourth-order valence-electron chi connectivity index (χ4n) is 1.57. The molecule has 2 aromatic rings. The second-order valence-corrected chi connectivity index (χ2v) is 5.10. The minimum absolute atomic E-state index is 0.0850. The van der Waals surface area contributed by atoms with Crippen LogP contribution in [-0.2, 0) is 4.79 Å². The van der Waals surface area contributed by atoms with Crippen LogP contribution in [0.4, 0.5) is 4.39 Å². The van der Waals surface area contributed by atoms with Crippen LogP contribution in [0.25, 0.3) is 0 Å². The molecule has 1 aromatic heterocycles. The zero-order chi connectivity index (χ0) is 13.7. The predicted molar refractivity (Wildman–Crippen MR) is 72.4 cm³/mol. The van der Waals surface area contributed by atoms with Gasteiger partial charge in [-0.1, -0.05) is 0 Å². The van der Waals surface area contributed by atoms with E-state index < -0.39 is 0 Å². The van der Waals surface area contributed by atoms with E-state index in [-0.39, 0.29) is 23.5 Å². The van der Waals surface area contributed by atoms with Crippen LogP contribution in [0.5, 0.6) is 0 Å². The fourth-order valence-corrected chi connectivity index (χ4v) is 2.28. The molecule has 0 aliphatic rings. The van der Waals surface area contributed by atoms with Gasteiger partial charge in [0.25, 0.3) is 0 Å². The van der Waals surface area contributed by atoms with E-state index >= 15 is 0 Å². The third kappa shape index (κ3) is 4.13. The second kappa shape index (κ2) is 6.43. The Morgan fingerprint density at radius 2 is 2.11 bits per heavy atom. The fraction of sp³-hybridized carbons (Fsp3) is 0.214. The average Bonchev–Trinajstić information content (AvgIpc) is 2.92. The molecule has 0 spiro atoms. The van der Waals surface area contributed by atoms with Crippen molar-refractivity contribution in [2.24, 2.45) is 0 Å². The van der Waals surface area contributed by atoms with Crippen molar-refractivity contribution >= 4 is 17.7 Å². The number of benzene rings is 1. The lowest BCUT2D eigenvalue weighted by Gasteiger charge is -2.11. The number of halogens is 1. The third-order valence-electron chi connectivity index (χ3n) is 2.53. The molecule has 100 valence electrons. The van der Waals surface area contributed by atoms with Gasteiger partial charge >= 0.3 is 0 Å². The van der Waals surface area contributed by atoms with Crippen LogP contribution in [0, 0.1) is 5.82 Å². The summed E-state index contributed by atoms with van der Waals surface area (Å²) in [6.07, 6.45) is 1.57. The zero-order valence-corrected chi connectivity index (χ0v) is 11.2. The molecule has 1 aromatic carbocycles. The lowest BCUT2D eigenvalue weighted by Crippen LogP contribution is -2.27. The molecule has 0 bridgehead atoms. The van der Waals surface area contributed by atoms with E-state index in [1.54, 1.807) is 24.5 Å². The highest BCUT2D eigenvalue weighted by Crippen LogP contribution is 2.18. The van der Waals surface area contributed by atoms with Gasteiger partial charge in [-0.25, -0.2) is 4.39 Å². The Bertz CT molecular complexity index is 525. The third-order valence-corrected chi connectivity index (χ3v) is 3.54. The van der Waals surface area contributed by atoms with E-state index in [4.69, 9.17) is 4.42 Å². The molecule has 1 unspecified atom stereocenters. The molecule has 3 nitrogen and oxygen atoms in total. The number of carbonyl (C=O) groups excluding carboxylic acids is 1. The smallest absolute Gasteiger partial charge is 0.230 e. The van der Waals surface area contributed by atoms with E-state index in [0.29, 0.717) is 0 Å². The van der Waals surface area contributed by atoms with Crippen molar-refractivity contribution in [3.8, 4) is 0 Å². The van der Waals surface area contributed by atoms with Gasteiger partial charge in [-0.2, -0.15) is 0 Å². The summed E-state index contributed by atoms with van der Waals surface area (Å²) in [5, 5.41) is 2.84. The first-order valence-electron chi connectivity index (χ1n) is 5.86. The number of rotatable bonds is 5. The molecular formula is C14H14FNO2S. The Hall–Kier alpha value is -1.75. The SMILES string of the molecule is CC(NC(=O)CSc1ccc(F)cc1)c1ccco1. The number of amides is 1. The van der Waals surface area contributed by atoms with Gasteiger partial charge in [0, 0.05) is 4.90 Å².